The second-order valence-corrected chi connectivity index (χ2v) is 6.02. The topological polar surface area (TPSA) is 43.1 Å². The molecule has 19 heavy (non-hydrogen) atoms. The van der Waals surface area contributed by atoms with Crippen molar-refractivity contribution in [2.24, 2.45) is 0 Å². The van der Waals surface area contributed by atoms with Gasteiger partial charge in [0.05, 0.1) is 27.1 Å². The predicted octanol–water partition coefficient (Wildman–Crippen LogP) is 3.33. The van der Waals surface area contributed by atoms with E-state index in [9.17, 15) is 8.60 Å². The molecule has 0 aliphatic carbocycles. The van der Waals surface area contributed by atoms with E-state index in [1.54, 1.807) is 0 Å². The van der Waals surface area contributed by atoms with Crippen LogP contribution >= 0.6 is 0 Å². The Labute approximate surface area is 114 Å². The monoisotopic (exact) mass is 277 g/mol. The minimum Gasteiger partial charge on any atom is -0.398 e. The van der Waals surface area contributed by atoms with Crippen LogP contribution in [0.4, 0.5) is 10.1 Å². The Kier molecular flexibility index (Phi) is 4.00. The van der Waals surface area contributed by atoms with E-state index in [4.69, 9.17) is 5.73 Å². The van der Waals surface area contributed by atoms with Gasteiger partial charge in [-0.25, -0.2) is 4.39 Å². The molecular weight excluding hydrogens is 261 g/mol. The van der Waals surface area contributed by atoms with Crippen molar-refractivity contribution in [3.05, 3.63) is 58.9 Å². The van der Waals surface area contributed by atoms with Crippen LogP contribution in [-0.2, 0) is 16.6 Å². The summed E-state index contributed by atoms with van der Waals surface area (Å²) in [5.41, 5.74) is 9.21. The normalized spacial score (nSPS) is 12.4. The molecule has 0 aromatic heterocycles. The minimum atomic E-state index is -1.26. The predicted molar refractivity (Wildman–Crippen MR) is 76.8 cm³/mol. The lowest BCUT2D eigenvalue weighted by atomic mass is 10.1. The average Bonchev–Trinajstić information content (AvgIpc) is 2.33. The Bertz CT molecular complexity index is 640. The van der Waals surface area contributed by atoms with Gasteiger partial charge in [0.2, 0.25) is 0 Å². The zero-order valence-electron chi connectivity index (χ0n) is 10.9. The van der Waals surface area contributed by atoms with Crippen molar-refractivity contribution >= 4 is 16.5 Å². The summed E-state index contributed by atoms with van der Waals surface area (Å²) in [6.45, 7) is 3.98. The molecule has 4 heteroatoms. The van der Waals surface area contributed by atoms with Gasteiger partial charge in [0.1, 0.15) is 5.82 Å². The smallest absolute Gasteiger partial charge is 0.125 e. The summed E-state index contributed by atoms with van der Waals surface area (Å²) < 4.78 is 25.3. The first-order chi connectivity index (χ1) is 8.97. The van der Waals surface area contributed by atoms with Gasteiger partial charge in [0, 0.05) is 0 Å². The van der Waals surface area contributed by atoms with Crippen LogP contribution in [0.15, 0.2) is 41.3 Å². The van der Waals surface area contributed by atoms with Gasteiger partial charge < -0.3 is 5.73 Å². The number of halogens is 1. The van der Waals surface area contributed by atoms with E-state index in [0.29, 0.717) is 10.6 Å². The van der Waals surface area contributed by atoms with Gasteiger partial charge in [-0.15, -0.1) is 0 Å². The fraction of sp³-hybridized carbons (Fsp3) is 0.200. The maximum absolute atomic E-state index is 13.0. The highest BCUT2D eigenvalue weighted by Gasteiger charge is 2.11. The molecule has 0 spiro atoms. The van der Waals surface area contributed by atoms with E-state index in [1.165, 1.54) is 18.2 Å². The first kappa shape index (κ1) is 13.7. The highest BCUT2D eigenvalue weighted by atomic mass is 32.2. The highest BCUT2D eigenvalue weighted by Crippen LogP contribution is 2.22. The average molecular weight is 277 g/mol. The van der Waals surface area contributed by atoms with E-state index in [0.717, 1.165) is 16.7 Å². The lowest BCUT2D eigenvalue weighted by Crippen LogP contribution is -2.03. The molecule has 0 saturated carbocycles. The van der Waals surface area contributed by atoms with Crippen molar-refractivity contribution in [1.29, 1.82) is 0 Å². The van der Waals surface area contributed by atoms with Crippen molar-refractivity contribution in [1.82, 2.24) is 0 Å². The minimum absolute atomic E-state index is 0.239. The summed E-state index contributed by atoms with van der Waals surface area (Å²) in [6.07, 6.45) is 0. The third-order valence-corrected chi connectivity index (χ3v) is 4.44. The quantitative estimate of drug-likeness (QED) is 0.874. The van der Waals surface area contributed by atoms with Crippen LogP contribution in [0.1, 0.15) is 16.7 Å². The Hall–Kier alpha value is -1.68. The molecule has 2 N–H and O–H groups in total. The summed E-state index contributed by atoms with van der Waals surface area (Å²) in [5.74, 6) is -0.0198. The molecular formula is C15H16FNOS. The maximum Gasteiger partial charge on any atom is 0.125 e. The Balaban J connectivity index is 2.28. The van der Waals surface area contributed by atoms with E-state index in [-0.39, 0.29) is 5.69 Å². The van der Waals surface area contributed by atoms with Crippen molar-refractivity contribution in [3.8, 4) is 0 Å². The molecule has 0 saturated heterocycles. The van der Waals surface area contributed by atoms with Crippen molar-refractivity contribution < 1.29 is 8.60 Å². The Morgan fingerprint density at radius 2 is 1.89 bits per heavy atom. The van der Waals surface area contributed by atoms with Gasteiger partial charge >= 0.3 is 0 Å². The van der Waals surface area contributed by atoms with Crippen molar-refractivity contribution in [3.63, 3.8) is 0 Å². The van der Waals surface area contributed by atoms with Crippen molar-refractivity contribution in [2.45, 2.75) is 24.5 Å². The zero-order chi connectivity index (χ0) is 14.0. The number of rotatable bonds is 3. The molecule has 0 heterocycles. The number of hydrogen-bond acceptors (Lipinski definition) is 2. The fourth-order valence-electron chi connectivity index (χ4n) is 1.90. The summed E-state index contributed by atoms with van der Waals surface area (Å²) in [7, 11) is -1.26. The van der Waals surface area contributed by atoms with E-state index in [2.05, 4.69) is 0 Å². The molecule has 0 bridgehead atoms. The molecule has 100 valence electrons. The molecule has 0 fully saturated rings. The van der Waals surface area contributed by atoms with Crippen LogP contribution in [0, 0.1) is 19.7 Å². The number of hydrogen-bond donors (Lipinski definition) is 1. The van der Waals surface area contributed by atoms with Crippen LogP contribution in [0.3, 0.4) is 0 Å². The van der Waals surface area contributed by atoms with Gasteiger partial charge in [0.25, 0.3) is 0 Å². The van der Waals surface area contributed by atoms with Crippen LogP contribution in [0.5, 0.6) is 0 Å². The van der Waals surface area contributed by atoms with Gasteiger partial charge in [-0.3, -0.25) is 4.21 Å². The number of aryl methyl sites for hydroxylation is 2. The second-order valence-electron chi connectivity index (χ2n) is 4.60. The largest absolute Gasteiger partial charge is 0.398 e. The molecule has 2 aromatic rings. The van der Waals surface area contributed by atoms with Crippen LogP contribution in [0.25, 0.3) is 0 Å². The molecule has 2 rings (SSSR count). The molecule has 2 aromatic carbocycles. The number of benzene rings is 2. The van der Waals surface area contributed by atoms with E-state index < -0.39 is 16.6 Å². The van der Waals surface area contributed by atoms with Gasteiger partial charge in [-0.1, -0.05) is 23.8 Å². The SMILES string of the molecule is Cc1ccc(C)c(CS(=O)c2ccc(F)cc2N)c1. The first-order valence-corrected chi connectivity index (χ1v) is 7.29. The second kappa shape index (κ2) is 5.53. The maximum atomic E-state index is 13.0. The number of nitrogens with two attached hydrogens (primary N) is 1. The van der Waals surface area contributed by atoms with Gasteiger partial charge in [-0.2, -0.15) is 0 Å². The van der Waals surface area contributed by atoms with E-state index >= 15 is 0 Å². The first-order valence-electron chi connectivity index (χ1n) is 5.97. The van der Waals surface area contributed by atoms with Gasteiger partial charge in [-0.05, 0) is 43.2 Å². The highest BCUT2D eigenvalue weighted by molar-refractivity contribution is 7.84. The number of anilines is 1. The van der Waals surface area contributed by atoms with Gasteiger partial charge in [0.15, 0.2) is 0 Å². The summed E-state index contributed by atoms with van der Waals surface area (Å²) in [5, 5.41) is 0. The Morgan fingerprint density at radius 1 is 1.16 bits per heavy atom. The summed E-state index contributed by atoms with van der Waals surface area (Å²) in [6, 6.07) is 10.0. The number of nitrogen functional groups attached to an aromatic ring is 1. The fourth-order valence-corrected chi connectivity index (χ4v) is 3.19. The summed E-state index contributed by atoms with van der Waals surface area (Å²) >= 11 is 0. The lowest BCUT2D eigenvalue weighted by molar-refractivity contribution is 0.627. The molecule has 0 radical (unpaired) electrons. The van der Waals surface area contributed by atoms with Crippen LogP contribution in [0.2, 0.25) is 0 Å². The molecule has 0 amide bonds. The molecule has 0 aliphatic rings. The molecule has 1 unspecified atom stereocenters. The van der Waals surface area contributed by atoms with E-state index in [1.807, 2.05) is 32.0 Å². The molecule has 1 atom stereocenters. The van der Waals surface area contributed by atoms with Crippen molar-refractivity contribution in [2.75, 3.05) is 5.73 Å². The third-order valence-electron chi connectivity index (χ3n) is 3.01. The summed E-state index contributed by atoms with van der Waals surface area (Å²) in [4.78, 5) is 0.488. The Morgan fingerprint density at radius 3 is 2.58 bits per heavy atom. The standard InChI is InChI=1S/C15H16FNOS/c1-10-3-4-11(2)12(7-10)9-19(18)15-6-5-13(16)8-14(15)17/h3-8H,9,17H2,1-2H3. The third kappa shape index (κ3) is 3.20. The molecule has 0 aliphatic heterocycles. The zero-order valence-corrected chi connectivity index (χ0v) is 11.8. The molecule has 2 nitrogen and oxygen atoms in total. The lowest BCUT2D eigenvalue weighted by Gasteiger charge is -2.09. The van der Waals surface area contributed by atoms with Crippen LogP contribution in [-0.4, -0.2) is 4.21 Å². The van der Waals surface area contributed by atoms with Crippen LogP contribution < -0.4 is 5.73 Å².